The minimum Gasteiger partial charge on any atom is -0.480 e. The van der Waals surface area contributed by atoms with Crippen molar-refractivity contribution in [1.82, 2.24) is 4.31 Å². The van der Waals surface area contributed by atoms with E-state index in [-0.39, 0.29) is 12.6 Å². The summed E-state index contributed by atoms with van der Waals surface area (Å²) in [7, 11) is -3.69. The number of carbonyl (C=O) groups is 1. The predicted molar refractivity (Wildman–Crippen MR) is 102 cm³/mol. The quantitative estimate of drug-likeness (QED) is 0.777. The maximum absolute atomic E-state index is 13.3. The van der Waals surface area contributed by atoms with Gasteiger partial charge in [0.05, 0.1) is 6.61 Å². The third kappa shape index (κ3) is 3.89. The lowest BCUT2D eigenvalue weighted by molar-refractivity contribution is -0.142. The summed E-state index contributed by atoms with van der Waals surface area (Å²) in [5.74, 6) is -1.06. The van der Waals surface area contributed by atoms with Crippen molar-refractivity contribution >= 4 is 49.0 Å². The number of thiophene rings is 1. The normalized spacial score (nSPS) is 19.1. The van der Waals surface area contributed by atoms with E-state index in [0.717, 1.165) is 22.9 Å². The summed E-state index contributed by atoms with van der Waals surface area (Å²) < 4.78 is 34.4. The Kier molecular flexibility index (Phi) is 5.88. The monoisotopic (exact) mass is 417 g/mol. The van der Waals surface area contributed by atoms with Gasteiger partial charge in [0.1, 0.15) is 10.8 Å². The van der Waals surface area contributed by atoms with Crippen molar-refractivity contribution < 1.29 is 23.1 Å². The smallest absolute Gasteiger partial charge is 0.329 e. The number of piperidine rings is 1. The van der Waals surface area contributed by atoms with Crippen LogP contribution in [-0.4, -0.2) is 49.6 Å². The van der Waals surface area contributed by atoms with E-state index in [4.69, 9.17) is 21.4 Å². The Morgan fingerprint density at radius 3 is 2.92 bits per heavy atom. The molecule has 1 aliphatic heterocycles. The standard InChI is InChI=1S/C17H20ClNO5S2/c1-11-14-8-12(18)5-6-15(14)25-17(11)26(22,23)19-7-3-2-4-13(19)9-24-10-16(20)21/h5-6,8,13H,2-4,7,9-10H2,1H3,(H,20,21)/t13-/m0/s1. The van der Waals surface area contributed by atoms with E-state index >= 15 is 0 Å². The zero-order valence-corrected chi connectivity index (χ0v) is 16.7. The lowest BCUT2D eigenvalue weighted by atomic mass is 10.1. The number of carboxylic acids is 1. The second-order valence-corrected chi connectivity index (χ2v) is 9.90. The largest absolute Gasteiger partial charge is 0.480 e. The average Bonchev–Trinajstić information content (AvgIpc) is 2.92. The molecule has 1 N–H and O–H groups in total. The van der Waals surface area contributed by atoms with Crippen LogP contribution in [0.5, 0.6) is 0 Å². The maximum Gasteiger partial charge on any atom is 0.329 e. The van der Waals surface area contributed by atoms with Crippen molar-refractivity contribution in [1.29, 1.82) is 0 Å². The third-order valence-electron chi connectivity index (χ3n) is 4.51. The van der Waals surface area contributed by atoms with Gasteiger partial charge in [0, 0.05) is 22.3 Å². The van der Waals surface area contributed by atoms with Crippen LogP contribution in [0, 0.1) is 6.92 Å². The van der Waals surface area contributed by atoms with Gasteiger partial charge in [0.25, 0.3) is 10.0 Å². The molecule has 0 radical (unpaired) electrons. The molecule has 1 fully saturated rings. The molecule has 26 heavy (non-hydrogen) atoms. The summed E-state index contributed by atoms with van der Waals surface area (Å²) in [6.07, 6.45) is 2.34. The number of hydrogen-bond acceptors (Lipinski definition) is 5. The Labute approximate surface area is 161 Å². The lowest BCUT2D eigenvalue weighted by Gasteiger charge is -2.34. The highest BCUT2D eigenvalue weighted by molar-refractivity contribution is 7.91. The first-order chi connectivity index (χ1) is 12.3. The van der Waals surface area contributed by atoms with Gasteiger partial charge in [-0.2, -0.15) is 4.31 Å². The van der Waals surface area contributed by atoms with Crippen molar-refractivity contribution in [2.75, 3.05) is 19.8 Å². The molecule has 3 rings (SSSR count). The molecule has 0 spiro atoms. The van der Waals surface area contributed by atoms with Crippen LogP contribution in [0.2, 0.25) is 5.02 Å². The second-order valence-electron chi connectivity index (χ2n) is 6.33. The molecular weight excluding hydrogens is 398 g/mol. The molecule has 0 amide bonds. The number of carboxylic acid groups (broad SMARTS) is 1. The molecule has 0 saturated carbocycles. The topological polar surface area (TPSA) is 83.9 Å². The number of hydrogen-bond donors (Lipinski definition) is 1. The van der Waals surface area contributed by atoms with E-state index in [1.165, 1.54) is 15.6 Å². The Bertz CT molecular complexity index is 925. The first-order valence-electron chi connectivity index (χ1n) is 8.30. The number of fused-ring (bicyclic) bond motifs is 1. The molecule has 1 aliphatic rings. The van der Waals surface area contributed by atoms with Gasteiger partial charge < -0.3 is 9.84 Å². The Balaban J connectivity index is 1.92. The van der Waals surface area contributed by atoms with Crippen LogP contribution in [0.3, 0.4) is 0 Å². The molecule has 1 aromatic heterocycles. The Morgan fingerprint density at radius 1 is 1.42 bits per heavy atom. The third-order valence-corrected chi connectivity index (χ3v) is 8.56. The number of nitrogens with zero attached hydrogens (tertiary/aromatic N) is 1. The van der Waals surface area contributed by atoms with Crippen LogP contribution in [0.1, 0.15) is 24.8 Å². The number of aryl methyl sites for hydroxylation is 1. The van der Waals surface area contributed by atoms with Gasteiger partial charge in [0.15, 0.2) is 0 Å². The van der Waals surface area contributed by atoms with E-state index in [1.807, 2.05) is 6.07 Å². The first kappa shape index (κ1) is 19.6. The zero-order valence-electron chi connectivity index (χ0n) is 14.3. The van der Waals surface area contributed by atoms with Crippen molar-refractivity contribution in [2.45, 2.75) is 36.4 Å². The van der Waals surface area contributed by atoms with Gasteiger partial charge in [-0.15, -0.1) is 11.3 Å². The van der Waals surface area contributed by atoms with Crippen molar-refractivity contribution in [3.05, 3.63) is 28.8 Å². The molecule has 0 bridgehead atoms. The molecule has 6 nitrogen and oxygen atoms in total. The molecule has 9 heteroatoms. The van der Waals surface area contributed by atoms with Gasteiger partial charge in [-0.1, -0.05) is 18.0 Å². The fourth-order valence-electron chi connectivity index (χ4n) is 3.26. The molecule has 1 aromatic carbocycles. The van der Waals surface area contributed by atoms with E-state index in [9.17, 15) is 13.2 Å². The van der Waals surface area contributed by atoms with Crippen molar-refractivity contribution in [2.24, 2.45) is 0 Å². The molecule has 0 aliphatic carbocycles. The summed E-state index contributed by atoms with van der Waals surface area (Å²) in [6.45, 7) is 1.87. The molecule has 1 saturated heterocycles. The van der Waals surface area contributed by atoms with Crippen LogP contribution in [-0.2, 0) is 19.6 Å². The van der Waals surface area contributed by atoms with Crippen LogP contribution >= 0.6 is 22.9 Å². The highest BCUT2D eigenvalue weighted by Crippen LogP contribution is 2.38. The summed E-state index contributed by atoms with van der Waals surface area (Å²) in [5.41, 5.74) is 0.697. The number of aliphatic carboxylic acids is 1. The van der Waals surface area contributed by atoms with Crippen molar-refractivity contribution in [3.63, 3.8) is 0 Å². The summed E-state index contributed by atoms with van der Waals surface area (Å²) in [5, 5.41) is 10.1. The molecule has 2 heterocycles. The SMILES string of the molecule is Cc1c(S(=O)(=O)N2CCCC[C@H]2COCC(=O)O)sc2ccc(Cl)cc12. The van der Waals surface area contributed by atoms with Gasteiger partial charge >= 0.3 is 5.97 Å². The summed E-state index contributed by atoms with van der Waals surface area (Å²) >= 11 is 7.29. The predicted octanol–water partition coefficient (Wildman–Crippen LogP) is 3.51. The molecule has 142 valence electrons. The summed E-state index contributed by atoms with van der Waals surface area (Å²) in [6, 6.07) is 5.02. The van der Waals surface area contributed by atoms with E-state index in [2.05, 4.69) is 0 Å². The van der Waals surface area contributed by atoms with Crippen LogP contribution in [0.25, 0.3) is 10.1 Å². The lowest BCUT2D eigenvalue weighted by Crippen LogP contribution is -2.46. The minimum absolute atomic E-state index is 0.0846. The van der Waals surface area contributed by atoms with Gasteiger partial charge in [-0.3, -0.25) is 0 Å². The van der Waals surface area contributed by atoms with E-state index in [1.54, 1.807) is 19.1 Å². The number of sulfonamides is 1. The van der Waals surface area contributed by atoms with Crippen LogP contribution < -0.4 is 0 Å². The maximum atomic E-state index is 13.3. The fourth-order valence-corrected chi connectivity index (χ4v) is 6.97. The highest BCUT2D eigenvalue weighted by Gasteiger charge is 2.36. The van der Waals surface area contributed by atoms with E-state index in [0.29, 0.717) is 27.8 Å². The van der Waals surface area contributed by atoms with Gasteiger partial charge in [-0.05, 0) is 48.9 Å². The number of halogens is 1. The number of ether oxygens (including phenoxy) is 1. The van der Waals surface area contributed by atoms with Crippen molar-refractivity contribution in [3.8, 4) is 0 Å². The van der Waals surface area contributed by atoms with Gasteiger partial charge in [-0.25, -0.2) is 13.2 Å². The molecular formula is C17H20ClNO5S2. The average molecular weight is 418 g/mol. The fraction of sp³-hybridized carbons (Fsp3) is 0.471. The zero-order chi connectivity index (χ0) is 18.9. The van der Waals surface area contributed by atoms with Crippen LogP contribution in [0.15, 0.2) is 22.4 Å². The number of rotatable bonds is 6. The Morgan fingerprint density at radius 2 is 2.19 bits per heavy atom. The number of benzene rings is 1. The second kappa shape index (κ2) is 7.82. The Hall–Kier alpha value is -1.19. The highest BCUT2D eigenvalue weighted by atomic mass is 35.5. The van der Waals surface area contributed by atoms with Crippen LogP contribution in [0.4, 0.5) is 0 Å². The minimum atomic E-state index is -3.69. The molecule has 0 unspecified atom stereocenters. The van der Waals surface area contributed by atoms with E-state index < -0.39 is 22.6 Å². The summed E-state index contributed by atoms with van der Waals surface area (Å²) in [4.78, 5) is 10.6. The first-order valence-corrected chi connectivity index (χ1v) is 10.9. The molecule has 2 aromatic rings. The molecule has 1 atom stereocenters. The van der Waals surface area contributed by atoms with Gasteiger partial charge in [0.2, 0.25) is 0 Å².